The maximum Gasteiger partial charge on any atom is 0.123 e. The second kappa shape index (κ2) is 5.06. The summed E-state index contributed by atoms with van der Waals surface area (Å²) in [7, 11) is -1.04. The number of hydrogen-bond donors (Lipinski definition) is 1. The van der Waals surface area contributed by atoms with Crippen molar-refractivity contribution in [1.82, 2.24) is 0 Å². The van der Waals surface area contributed by atoms with E-state index >= 15 is 0 Å². The van der Waals surface area contributed by atoms with Crippen LogP contribution < -0.4 is 5.73 Å². The zero-order valence-electron chi connectivity index (χ0n) is 9.06. The lowest BCUT2D eigenvalue weighted by Gasteiger charge is -2.17. The summed E-state index contributed by atoms with van der Waals surface area (Å²) in [4.78, 5) is 0.715. The molecule has 1 aromatic carbocycles. The van der Waals surface area contributed by atoms with E-state index in [-0.39, 0.29) is 11.1 Å². The molecule has 4 heteroatoms. The summed E-state index contributed by atoms with van der Waals surface area (Å²) in [5.74, 6) is 0.0634. The number of halogens is 1. The fraction of sp³-hybridized carbons (Fsp3) is 0.500. The molecule has 0 bridgehead atoms. The van der Waals surface area contributed by atoms with Gasteiger partial charge in [-0.25, -0.2) is 4.39 Å². The SMILES string of the molecule is NCC1CCCC1S(=O)c1ccc(F)cc1. The molecule has 0 radical (unpaired) electrons. The lowest BCUT2D eigenvalue weighted by Crippen LogP contribution is -2.26. The van der Waals surface area contributed by atoms with Crippen LogP contribution in [0.5, 0.6) is 0 Å². The van der Waals surface area contributed by atoms with E-state index in [9.17, 15) is 8.60 Å². The van der Waals surface area contributed by atoms with Gasteiger partial charge in [0.2, 0.25) is 0 Å². The van der Waals surface area contributed by atoms with E-state index in [1.165, 1.54) is 12.1 Å². The minimum absolute atomic E-state index is 0.149. The van der Waals surface area contributed by atoms with Gasteiger partial charge < -0.3 is 5.73 Å². The van der Waals surface area contributed by atoms with Crippen LogP contribution in [-0.2, 0) is 10.8 Å². The Labute approximate surface area is 97.5 Å². The molecule has 1 aliphatic rings. The minimum atomic E-state index is -1.04. The Morgan fingerprint density at radius 3 is 2.62 bits per heavy atom. The summed E-state index contributed by atoms with van der Waals surface area (Å²) in [6.45, 7) is 0.595. The van der Waals surface area contributed by atoms with Gasteiger partial charge in [-0.1, -0.05) is 6.42 Å². The van der Waals surface area contributed by atoms with Gasteiger partial charge in [-0.15, -0.1) is 0 Å². The molecule has 2 nitrogen and oxygen atoms in total. The van der Waals surface area contributed by atoms with Crippen molar-refractivity contribution in [1.29, 1.82) is 0 Å². The largest absolute Gasteiger partial charge is 0.330 e. The van der Waals surface area contributed by atoms with E-state index in [2.05, 4.69) is 0 Å². The van der Waals surface area contributed by atoms with Crippen LogP contribution in [0.15, 0.2) is 29.2 Å². The highest BCUT2D eigenvalue weighted by molar-refractivity contribution is 7.85. The van der Waals surface area contributed by atoms with Crippen molar-refractivity contribution in [2.75, 3.05) is 6.54 Å². The summed E-state index contributed by atoms with van der Waals surface area (Å²) in [6, 6.07) is 5.94. The Morgan fingerprint density at radius 2 is 2.00 bits per heavy atom. The van der Waals surface area contributed by atoms with Crippen LogP contribution in [0.3, 0.4) is 0 Å². The van der Waals surface area contributed by atoms with Crippen LogP contribution >= 0.6 is 0 Å². The van der Waals surface area contributed by atoms with E-state index in [1.54, 1.807) is 12.1 Å². The molecule has 3 atom stereocenters. The maximum absolute atomic E-state index is 12.8. The van der Waals surface area contributed by atoms with Crippen LogP contribution in [0.1, 0.15) is 19.3 Å². The lowest BCUT2D eigenvalue weighted by molar-refractivity contribution is 0.557. The van der Waals surface area contributed by atoms with E-state index in [1.807, 2.05) is 0 Å². The standard InChI is InChI=1S/C12H16FNOS/c13-10-4-6-11(7-5-10)16(15)12-3-1-2-9(12)8-14/h4-7,9,12H,1-3,8,14H2. The van der Waals surface area contributed by atoms with Crippen LogP contribution in [0.4, 0.5) is 4.39 Å². The third kappa shape index (κ3) is 2.33. The molecule has 0 aromatic heterocycles. The fourth-order valence-corrected chi connectivity index (χ4v) is 4.03. The van der Waals surface area contributed by atoms with Gasteiger partial charge in [-0.3, -0.25) is 4.21 Å². The van der Waals surface area contributed by atoms with E-state index in [0.29, 0.717) is 17.4 Å². The predicted molar refractivity (Wildman–Crippen MR) is 63.0 cm³/mol. The molecule has 1 aliphatic carbocycles. The van der Waals surface area contributed by atoms with Crippen molar-refractivity contribution in [2.45, 2.75) is 29.4 Å². The lowest BCUT2D eigenvalue weighted by atomic mass is 10.1. The van der Waals surface area contributed by atoms with E-state index in [0.717, 1.165) is 19.3 Å². The molecule has 0 saturated heterocycles. The Hall–Kier alpha value is -0.740. The van der Waals surface area contributed by atoms with E-state index in [4.69, 9.17) is 5.73 Å². The Balaban J connectivity index is 2.15. The second-order valence-corrected chi connectivity index (χ2v) is 5.89. The molecule has 0 aliphatic heterocycles. The van der Waals surface area contributed by atoms with Crippen LogP contribution in [0.25, 0.3) is 0 Å². The molecule has 1 aromatic rings. The summed E-state index contributed by atoms with van der Waals surface area (Å²) in [6.07, 6.45) is 3.12. The van der Waals surface area contributed by atoms with Gasteiger partial charge >= 0.3 is 0 Å². The third-order valence-corrected chi connectivity index (χ3v) is 5.12. The topological polar surface area (TPSA) is 43.1 Å². The normalized spacial score (nSPS) is 26.9. The van der Waals surface area contributed by atoms with Gasteiger partial charge in [-0.2, -0.15) is 0 Å². The van der Waals surface area contributed by atoms with Crippen LogP contribution in [-0.4, -0.2) is 16.0 Å². The smallest absolute Gasteiger partial charge is 0.123 e. The highest BCUT2D eigenvalue weighted by atomic mass is 32.2. The number of hydrogen-bond acceptors (Lipinski definition) is 2. The van der Waals surface area contributed by atoms with Crippen molar-refractivity contribution < 1.29 is 8.60 Å². The first-order valence-electron chi connectivity index (χ1n) is 5.58. The van der Waals surface area contributed by atoms with Crippen molar-refractivity contribution in [3.8, 4) is 0 Å². The van der Waals surface area contributed by atoms with E-state index < -0.39 is 10.8 Å². The minimum Gasteiger partial charge on any atom is -0.330 e. The zero-order chi connectivity index (χ0) is 11.5. The summed E-state index contributed by atoms with van der Waals surface area (Å²) in [5, 5.41) is 0.149. The van der Waals surface area contributed by atoms with Gasteiger partial charge in [0.25, 0.3) is 0 Å². The average Bonchev–Trinajstić information content (AvgIpc) is 2.77. The Morgan fingerprint density at radius 1 is 1.31 bits per heavy atom. The molecule has 3 unspecified atom stereocenters. The van der Waals surface area contributed by atoms with Crippen molar-refractivity contribution in [3.63, 3.8) is 0 Å². The van der Waals surface area contributed by atoms with Crippen LogP contribution in [0.2, 0.25) is 0 Å². The fourth-order valence-electron chi connectivity index (χ4n) is 2.30. The molecular weight excluding hydrogens is 225 g/mol. The molecule has 0 amide bonds. The highest BCUT2D eigenvalue weighted by Crippen LogP contribution is 2.31. The van der Waals surface area contributed by atoms with Gasteiger partial charge in [0.05, 0.1) is 10.8 Å². The van der Waals surface area contributed by atoms with Crippen molar-refractivity contribution in [3.05, 3.63) is 30.1 Å². The number of benzene rings is 1. The predicted octanol–water partition coefficient (Wildman–Crippen LogP) is 2.06. The average molecular weight is 241 g/mol. The maximum atomic E-state index is 12.8. The Kier molecular flexibility index (Phi) is 3.71. The zero-order valence-corrected chi connectivity index (χ0v) is 9.88. The van der Waals surface area contributed by atoms with Gasteiger partial charge in [0.1, 0.15) is 5.82 Å². The van der Waals surface area contributed by atoms with Gasteiger partial charge in [-0.05, 0) is 49.6 Å². The first-order chi connectivity index (χ1) is 7.72. The molecule has 2 rings (SSSR count). The molecular formula is C12H16FNOS. The first kappa shape index (κ1) is 11.7. The second-order valence-electron chi connectivity index (χ2n) is 4.22. The number of rotatable bonds is 3. The molecule has 1 fully saturated rings. The van der Waals surface area contributed by atoms with Crippen LogP contribution in [0, 0.1) is 11.7 Å². The molecule has 16 heavy (non-hydrogen) atoms. The Bertz CT molecular complexity index is 379. The molecule has 0 spiro atoms. The van der Waals surface area contributed by atoms with Crippen molar-refractivity contribution >= 4 is 10.8 Å². The molecule has 2 N–H and O–H groups in total. The van der Waals surface area contributed by atoms with Crippen molar-refractivity contribution in [2.24, 2.45) is 11.7 Å². The first-order valence-corrected chi connectivity index (χ1v) is 6.80. The van der Waals surface area contributed by atoms with Gasteiger partial charge in [0, 0.05) is 10.1 Å². The highest BCUT2D eigenvalue weighted by Gasteiger charge is 2.31. The third-order valence-electron chi connectivity index (χ3n) is 3.21. The number of nitrogens with two attached hydrogens (primary N) is 1. The monoisotopic (exact) mass is 241 g/mol. The summed E-state index contributed by atoms with van der Waals surface area (Å²) in [5.41, 5.74) is 5.67. The molecule has 88 valence electrons. The summed E-state index contributed by atoms with van der Waals surface area (Å²) >= 11 is 0. The molecule has 0 heterocycles. The quantitative estimate of drug-likeness (QED) is 0.880. The van der Waals surface area contributed by atoms with Gasteiger partial charge in [0.15, 0.2) is 0 Å². The molecule has 1 saturated carbocycles. The summed E-state index contributed by atoms with van der Waals surface area (Å²) < 4.78 is 25.0.